The fourth-order valence-corrected chi connectivity index (χ4v) is 1.64. The standard InChI is InChI=1S/C14H16FN3/c1-2-17-13-7-14(10-16-9-13)18-8-11-3-5-12(15)6-4-11/h3-7,9-10,17-18H,2,8H2,1H3. The summed E-state index contributed by atoms with van der Waals surface area (Å²) >= 11 is 0. The van der Waals surface area contributed by atoms with E-state index in [4.69, 9.17) is 0 Å². The molecule has 18 heavy (non-hydrogen) atoms. The van der Waals surface area contributed by atoms with Crippen LogP contribution in [0.25, 0.3) is 0 Å². The summed E-state index contributed by atoms with van der Waals surface area (Å²) in [6, 6.07) is 8.46. The SMILES string of the molecule is CCNc1cncc(NCc2ccc(F)cc2)c1. The van der Waals surface area contributed by atoms with Crippen molar-refractivity contribution in [1.29, 1.82) is 0 Å². The lowest BCUT2D eigenvalue weighted by atomic mass is 10.2. The molecule has 0 saturated heterocycles. The Morgan fingerprint density at radius 3 is 2.39 bits per heavy atom. The first kappa shape index (κ1) is 12.4. The summed E-state index contributed by atoms with van der Waals surface area (Å²) < 4.78 is 12.7. The maximum Gasteiger partial charge on any atom is 0.123 e. The first-order chi connectivity index (χ1) is 8.78. The van der Waals surface area contributed by atoms with Crippen molar-refractivity contribution in [3.8, 4) is 0 Å². The van der Waals surface area contributed by atoms with Gasteiger partial charge < -0.3 is 10.6 Å². The number of halogens is 1. The highest BCUT2D eigenvalue weighted by atomic mass is 19.1. The van der Waals surface area contributed by atoms with Crippen molar-refractivity contribution in [2.75, 3.05) is 17.2 Å². The molecule has 2 N–H and O–H groups in total. The Labute approximate surface area is 106 Å². The maximum atomic E-state index is 12.7. The highest BCUT2D eigenvalue weighted by Crippen LogP contribution is 2.14. The summed E-state index contributed by atoms with van der Waals surface area (Å²) in [7, 11) is 0. The Morgan fingerprint density at radius 1 is 1.06 bits per heavy atom. The van der Waals surface area contributed by atoms with Crippen LogP contribution in [0.4, 0.5) is 15.8 Å². The Bertz CT molecular complexity index is 497. The molecule has 0 saturated carbocycles. The predicted molar refractivity (Wildman–Crippen MR) is 72.1 cm³/mol. The lowest BCUT2D eigenvalue weighted by Crippen LogP contribution is -2.02. The molecule has 0 aliphatic carbocycles. The van der Waals surface area contributed by atoms with E-state index in [1.54, 1.807) is 24.5 Å². The zero-order valence-corrected chi connectivity index (χ0v) is 10.3. The van der Waals surface area contributed by atoms with E-state index in [2.05, 4.69) is 15.6 Å². The van der Waals surface area contributed by atoms with Gasteiger partial charge in [0.15, 0.2) is 0 Å². The third kappa shape index (κ3) is 3.45. The van der Waals surface area contributed by atoms with Crippen molar-refractivity contribution in [3.63, 3.8) is 0 Å². The van der Waals surface area contributed by atoms with Crippen LogP contribution in [-0.4, -0.2) is 11.5 Å². The quantitative estimate of drug-likeness (QED) is 0.849. The van der Waals surface area contributed by atoms with Gasteiger partial charge in [0.05, 0.1) is 23.8 Å². The second kappa shape index (κ2) is 6.00. The van der Waals surface area contributed by atoms with Crippen LogP contribution in [-0.2, 0) is 6.54 Å². The molecule has 2 rings (SSSR count). The minimum atomic E-state index is -0.213. The third-order valence-corrected chi connectivity index (χ3v) is 2.53. The van der Waals surface area contributed by atoms with E-state index >= 15 is 0 Å². The Morgan fingerprint density at radius 2 is 1.72 bits per heavy atom. The molecule has 1 aromatic heterocycles. The monoisotopic (exact) mass is 245 g/mol. The fraction of sp³-hybridized carbons (Fsp3) is 0.214. The molecule has 2 aromatic rings. The molecule has 0 spiro atoms. The maximum absolute atomic E-state index is 12.7. The minimum Gasteiger partial charge on any atom is -0.384 e. The van der Waals surface area contributed by atoms with Crippen molar-refractivity contribution in [2.45, 2.75) is 13.5 Å². The van der Waals surface area contributed by atoms with Crippen molar-refractivity contribution in [1.82, 2.24) is 4.98 Å². The Kier molecular flexibility index (Phi) is 4.12. The zero-order valence-electron chi connectivity index (χ0n) is 10.3. The summed E-state index contributed by atoms with van der Waals surface area (Å²) in [4.78, 5) is 4.14. The number of benzene rings is 1. The van der Waals surface area contributed by atoms with E-state index in [1.165, 1.54) is 12.1 Å². The van der Waals surface area contributed by atoms with Gasteiger partial charge in [-0.15, -0.1) is 0 Å². The molecule has 3 nitrogen and oxygen atoms in total. The molecule has 0 aliphatic heterocycles. The van der Waals surface area contributed by atoms with Gasteiger partial charge in [-0.05, 0) is 30.7 Å². The van der Waals surface area contributed by atoms with Gasteiger partial charge in [0.25, 0.3) is 0 Å². The topological polar surface area (TPSA) is 37.0 Å². The Hall–Kier alpha value is -2.10. The van der Waals surface area contributed by atoms with Crippen LogP contribution < -0.4 is 10.6 Å². The molecular formula is C14H16FN3. The van der Waals surface area contributed by atoms with Gasteiger partial charge in [-0.3, -0.25) is 4.98 Å². The molecule has 0 bridgehead atoms. The van der Waals surface area contributed by atoms with Crippen LogP contribution in [0.15, 0.2) is 42.7 Å². The average molecular weight is 245 g/mol. The van der Waals surface area contributed by atoms with E-state index in [9.17, 15) is 4.39 Å². The molecule has 0 aliphatic rings. The van der Waals surface area contributed by atoms with Crippen molar-refractivity contribution in [2.24, 2.45) is 0 Å². The highest BCUT2D eigenvalue weighted by Gasteiger charge is 1.97. The summed E-state index contributed by atoms with van der Waals surface area (Å²) in [6.07, 6.45) is 3.55. The van der Waals surface area contributed by atoms with E-state index in [1.807, 2.05) is 13.0 Å². The van der Waals surface area contributed by atoms with Crippen LogP contribution in [0.5, 0.6) is 0 Å². The molecule has 94 valence electrons. The fourth-order valence-electron chi connectivity index (χ4n) is 1.64. The van der Waals surface area contributed by atoms with Gasteiger partial charge in [0, 0.05) is 13.1 Å². The molecule has 1 heterocycles. The van der Waals surface area contributed by atoms with E-state index in [0.717, 1.165) is 23.5 Å². The summed E-state index contributed by atoms with van der Waals surface area (Å²) in [6.45, 7) is 3.55. The van der Waals surface area contributed by atoms with Gasteiger partial charge in [0.1, 0.15) is 5.82 Å². The highest BCUT2D eigenvalue weighted by molar-refractivity contribution is 5.54. The largest absolute Gasteiger partial charge is 0.384 e. The lowest BCUT2D eigenvalue weighted by molar-refractivity contribution is 0.627. The number of anilines is 2. The number of pyridine rings is 1. The van der Waals surface area contributed by atoms with E-state index in [0.29, 0.717) is 6.54 Å². The second-order valence-electron chi connectivity index (χ2n) is 3.97. The number of rotatable bonds is 5. The molecule has 0 atom stereocenters. The minimum absolute atomic E-state index is 0.213. The normalized spacial score (nSPS) is 10.1. The molecule has 4 heteroatoms. The molecule has 0 radical (unpaired) electrons. The van der Waals surface area contributed by atoms with Crippen LogP contribution in [0, 0.1) is 5.82 Å². The van der Waals surface area contributed by atoms with E-state index < -0.39 is 0 Å². The summed E-state index contributed by atoms with van der Waals surface area (Å²) in [5.41, 5.74) is 2.96. The van der Waals surface area contributed by atoms with Gasteiger partial charge in [0.2, 0.25) is 0 Å². The van der Waals surface area contributed by atoms with Crippen molar-refractivity contribution in [3.05, 3.63) is 54.1 Å². The van der Waals surface area contributed by atoms with Crippen LogP contribution in [0.1, 0.15) is 12.5 Å². The predicted octanol–water partition coefficient (Wildman–Crippen LogP) is 3.26. The number of nitrogens with one attached hydrogen (secondary N) is 2. The lowest BCUT2D eigenvalue weighted by Gasteiger charge is -2.08. The zero-order chi connectivity index (χ0) is 12.8. The van der Waals surface area contributed by atoms with Crippen LogP contribution >= 0.6 is 0 Å². The van der Waals surface area contributed by atoms with Gasteiger partial charge >= 0.3 is 0 Å². The van der Waals surface area contributed by atoms with Gasteiger partial charge in [-0.25, -0.2) is 4.39 Å². The van der Waals surface area contributed by atoms with Crippen molar-refractivity contribution < 1.29 is 4.39 Å². The smallest absolute Gasteiger partial charge is 0.123 e. The summed E-state index contributed by atoms with van der Waals surface area (Å²) in [5.74, 6) is -0.213. The van der Waals surface area contributed by atoms with Crippen molar-refractivity contribution >= 4 is 11.4 Å². The molecule has 0 amide bonds. The Balaban J connectivity index is 1.97. The van der Waals surface area contributed by atoms with Gasteiger partial charge in [-0.1, -0.05) is 12.1 Å². The average Bonchev–Trinajstić information content (AvgIpc) is 2.39. The molecule has 0 unspecified atom stereocenters. The number of aromatic nitrogens is 1. The summed E-state index contributed by atoms with van der Waals surface area (Å²) in [5, 5.41) is 6.46. The molecule has 1 aromatic carbocycles. The van der Waals surface area contributed by atoms with Crippen LogP contribution in [0.3, 0.4) is 0 Å². The second-order valence-corrected chi connectivity index (χ2v) is 3.97. The van der Waals surface area contributed by atoms with E-state index in [-0.39, 0.29) is 5.82 Å². The first-order valence-corrected chi connectivity index (χ1v) is 5.95. The van der Waals surface area contributed by atoms with Gasteiger partial charge in [-0.2, -0.15) is 0 Å². The first-order valence-electron chi connectivity index (χ1n) is 5.95. The number of hydrogen-bond acceptors (Lipinski definition) is 3. The third-order valence-electron chi connectivity index (χ3n) is 2.53. The van der Waals surface area contributed by atoms with Crippen LogP contribution in [0.2, 0.25) is 0 Å². The molecule has 0 fully saturated rings. The number of nitrogens with zero attached hydrogens (tertiary/aromatic N) is 1. The molecular weight excluding hydrogens is 229 g/mol. The number of hydrogen-bond donors (Lipinski definition) is 2.